The number of benzene rings is 1. The van der Waals surface area contributed by atoms with Crippen LogP contribution in [0, 0.1) is 17.5 Å². The number of halogens is 3. The van der Waals surface area contributed by atoms with E-state index in [0.29, 0.717) is 25.0 Å². The van der Waals surface area contributed by atoms with Gasteiger partial charge in [-0.3, -0.25) is 9.59 Å². The standard InChI is InChI=1S/C14H17F3N2O3/c1-3-14(22,4-2)7-18-12(20)13(21)19-8-5-9(15)11(17)10(16)6-8/h5-6,22H,3-4,7H2,1-2H3,(H,18,20)(H,19,21). The summed E-state index contributed by atoms with van der Waals surface area (Å²) >= 11 is 0. The molecule has 122 valence electrons. The van der Waals surface area contributed by atoms with Crippen LogP contribution in [-0.2, 0) is 9.59 Å². The van der Waals surface area contributed by atoms with Crippen LogP contribution in [0.3, 0.4) is 0 Å². The predicted molar refractivity (Wildman–Crippen MR) is 73.5 cm³/mol. The minimum absolute atomic E-state index is 0.140. The van der Waals surface area contributed by atoms with Crippen molar-refractivity contribution in [2.24, 2.45) is 0 Å². The molecule has 1 aromatic rings. The molecule has 1 aromatic carbocycles. The Labute approximate surface area is 125 Å². The Morgan fingerprint density at radius 3 is 2.05 bits per heavy atom. The molecule has 1 rings (SSSR count). The number of rotatable bonds is 5. The van der Waals surface area contributed by atoms with E-state index in [2.05, 4.69) is 5.32 Å². The van der Waals surface area contributed by atoms with Crippen LogP contribution in [0.25, 0.3) is 0 Å². The molecule has 0 saturated carbocycles. The van der Waals surface area contributed by atoms with Gasteiger partial charge in [-0.15, -0.1) is 0 Å². The van der Waals surface area contributed by atoms with Crippen molar-refractivity contribution in [3.05, 3.63) is 29.6 Å². The van der Waals surface area contributed by atoms with Gasteiger partial charge in [0.2, 0.25) is 0 Å². The Morgan fingerprint density at radius 1 is 1.09 bits per heavy atom. The van der Waals surface area contributed by atoms with Crippen LogP contribution < -0.4 is 10.6 Å². The molecular formula is C14H17F3N2O3. The number of amides is 2. The van der Waals surface area contributed by atoms with Crippen LogP contribution >= 0.6 is 0 Å². The maximum Gasteiger partial charge on any atom is 0.313 e. The fraction of sp³-hybridized carbons (Fsp3) is 0.429. The van der Waals surface area contributed by atoms with Gasteiger partial charge in [-0.05, 0) is 12.8 Å². The van der Waals surface area contributed by atoms with Crippen LogP contribution in [0.4, 0.5) is 18.9 Å². The van der Waals surface area contributed by atoms with Gasteiger partial charge in [-0.2, -0.15) is 0 Å². The maximum absolute atomic E-state index is 13.0. The van der Waals surface area contributed by atoms with Crippen molar-refractivity contribution < 1.29 is 27.9 Å². The lowest BCUT2D eigenvalue weighted by Gasteiger charge is -2.25. The third-order valence-electron chi connectivity index (χ3n) is 3.34. The molecule has 0 spiro atoms. The number of hydrogen-bond acceptors (Lipinski definition) is 3. The van der Waals surface area contributed by atoms with Gasteiger partial charge in [0.1, 0.15) is 0 Å². The highest BCUT2D eigenvalue weighted by Gasteiger charge is 2.25. The van der Waals surface area contributed by atoms with Crippen LogP contribution in [0.1, 0.15) is 26.7 Å². The molecular weight excluding hydrogens is 301 g/mol. The van der Waals surface area contributed by atoms with E-state index in [1.807, 2.05) is 5.32 Å². The lowest BCUT2D eigenvalue weighted by Crippen LogP contribution is -2.45. The fourth-order valence-corrected chi connectivity index (χ4v) is 1.64. The molecule has 0 radical (unpaired) electrons. The molecule has 0 bridgehead atoms. The first kappa shape index (κ1) is 18.0. The van der Waals surface area contributed by atoms with Crippen molar-refractivity contribution in [2.45, 2.75) is 32.3 Å². The highest BCUT2D eigenvalue weighted by atomic mass is 19.2. The first-order valence-corrected chi connectivity index (χ1v) is 6.68. The Bertz CT molecular complexity index is 551. The topological polar surface area (TPSA) is 78.4 Å². The molecule has 0 aliphatic rings. The van der Waals surface area contributed by atoms with E-state index in [4.69, 9.17) is 0 Å². The average molecular weight is 318 g/mol. The third-order valence-corrected chi connectivity index (χ3v) is 3.34. The first-order valence-electron chi connectivity index (χ1n) is 6.68. The average Bonchev–Trinajstić information content (AvgIpc) is 2.49. The zero-order valence-corrected chi connectivity index (χ0v) is 12.2. The molecule has 0 aliphatic heterocycles. The van der Waals surface area contributed by atoms with Crippen molar-refractivity contribution in [1.82, 2.24) is 5.32 Å². The van der Waals surface area contributed by atoms with E-state index in [9.17, 15) is 27.9 Å². The fourth-order valence-electron chi connectivity index (χ4n) is 1.64. The van der Waals surface area contributed by atoms with Gasteiger partial charge in [-0.25, -0.2) is 13.2 Å². The molecule has 0 unspecified atom stereocenters. The molecule has 0 fully saturated rings. The summed E-state index contributed by atoms with van der Waals surface area (Å²) < 4.78 is 38.7. The van der Waals surface area contributed by atoms with Gasteiger partial charge in [0.25, 0.3) is 0 Å². The Hall–Kier alpha value is -2.09. The first-order chi connectivity index (χ1) is 10.2. The van der Waals surface area contributed by atoms with Gasteiger partial charge in [0.15, 0.2) is 17.5 Å². The van der Waals surface area contributed by atoms with Crippen molar-refractivity contribution in [1.29, 1.82) is 0 Å². The zero-order valence-electron chi connectivity index (χ0n) is 12.2. The molecule has 2 amide bonds. The summed E-state index contributed by atoms with van der Waals surface area (Å²) in [7, 11) is 0. The summed E-state index contributed by atoms with van der Waals surface area (Å²) in [6.45, 7) is 3.30. The SMILES string of the molecule is CCC(O)(CC)CNC(=O)C(=O)Nc1cc(F)c(F)c(F)c1. The van der Waals surface area contributed by atoms with Gasteiger partial charge in [0.05, 0.1) is 5.60 Å². The smallest absolute Gasteiger partial charge is 0.313 e. The summed E-state index contributed by atoms with van der Waals surface area (Å²) in [6.07, 6.45) is 0.750. The lowest BCUT2D eigenvalue weighted by molar-refractivity contribution is -0.136. The number of hydrogen-bond donors (Lipinski definition) is 3. The Balaban J connectivity index is 2.67. The second kappa shape index (κ2) is 7.26. The summed E-state index contributed by atoms with van der Waals surface area (Å²) in [6, 6.07) is 1.11. The second-order valence-corrected chi connectivity index (χ2v) is 4.82. The number of carbonyl (C=O) groups excluding carboxylic acids is 2. The summed E-state index contributed by atoms with van der Waals surface area (Å²) in [5.41, 5.74) is -1.53. The third kappa shape index (κ3) is 4.45. The van der Waals surface area contributed by atoms with Gasteiger partial charge in [0, 0.05) is 24.4 Å². The van der Waals surface area contributed by atoms with Gasteiger partial charge in [-0.1, -0.05) is 13.8 Å². The minimum atomic E-state index is -1.67. The Kier molecular flexibility index (Phi) is 5.92. The summed E-state index contributed by atoms with van der Waals surface area (Å²) in [4.78, 5) is 23.1. The van der Waals surface area contributed by atoms with Crippen molar-refractivity contribution in [2.75, 3.05) is 11.9 Å². The molecule has 22 heavy (non-hydrogen) atoms. The highest BCUT2D eigenvalue weighted by molar-refractivity contribution is 6.39. The monoisotopic (exact) mass is 318 g/mol. The van der Waals surface area contributed by atoms with Gasteiger partial charge < -0.3 is 15.7 Å². The summed E-state index contributed by atoms with van der Waals surface area (Å²) in [5, 5.41) is 14.1. The number of nitrogens with one attached hydrogen (secondary N) is 2. The molecule has 3 N–H and O–H groups in total. The van der Waals surface area contributed by atoms with Crippen LogP contribution in [-0.4, -0.2) is 29.1 Å². The van der Waals surface area contributed by atoms with Crippen molar-refractivity contribution in [3.8, 4) is 0 Å². The van der Waals surface area contributed by atoms with E-state index in [-0.39, 0.29) is 6.54 Å². The largest absolute Gasteiger partial charge is 0.388 e. The maximum atomic E-state index is 13.0. The zero-order chi connectivity index (χ0) is 16.9. The molecule has 5 nitrogen and oxygen atoms in total. The predicted octanol–water partition coefficient (Wildman–Crippen LogP) is 1.71. The van der Waals surface area contributed by atoms with Crippen LogP contribution in [0.2, 0.25) is 0 Å². The lowest BCUT2D eigenvalue weighted by atomic mass is 9.98. The van der Waals surface area contributed by atoms with E-state index in [0.717, 1.165) is 0 Å². The number of carbonyl (C=O) groups is 2. The molecule has 0 saturated heterocycles. The van der Waals surface area contributed by atoms with E-state index in [1.165, 1.54) is 0 Å². The number of aliphatic hydroxyl groups is 1. The van der Waals surface area contributed by atoms with E-state index >= 15 is 0 Å². The molecule has 8 heteroatoms. The minimum Gasteiger partial charge on any atom is -0.388 e. The highest BCUT2D eigenvalue weighted by Crippen LogP contribution is 2.17. The molecule has 0 atom stereocenters. The van der Waals surface area contributed by atoms with E-state index in [1.54, 1.807) is 13.8 Å². The summed E-state index contributed by atoms with van der Waals surface area (Å²) in [5.74, 6) is -6.90. The molecule has 0 aromatic heterocycles. The van der Waals surface area contributed by atoms with Crippen molar-refractivity contribution in [3.63, 3.8) is 0 Å². The van der Waals surface area contributed by atoms with Crippen molar-refractivity contribution >= 4 is 17.5 Å². The Morgan fingerprint density at radius 2 is 1.59 bits per heavy atom. The van der Waals surface area contributed by atoms with Gasteiger partial charge >= 0.3 is 11.8 Å². The van der Waals surface area contributed by atoms with Crippen LogP contribution in [0.5, 0.6) is 0 Å². The normalized spacial score (nSPS) is 11.2. The number of anilines is 1. The molecule has 0 heterocycles. The quantitative estimate of drug-likeness (QED) is 0.571. The van der Waals surface area contributed by atoms with Crippen LogP contribution in [0.15, 0.2) is 12.1 Å². The van der Waals surface area contributed by atoms with E-state index < -0.39 is 40.6 Å². The molecule has 0 aliphatic carbocycles. The second-order valence-electron chi connectivity index (χ2n) is 4.82.